The van der Waals surface area contributed by atoms with Crippen molar-refractivity contribution in [1.82, 2.24) is 30.2 Å². The lowest BCUT2D eigenvalue weighted by Crippen LogP contribution is -2.52. The summed E-state index contributed by atoms with van der Waals surface area (Å²) in [6, 6.07) is 0.0787. The second-order valence-electron chi connectivity index (χ2n) is 9.42. The van der Waals surface area contributed by atoms with Gasteiger partial charge in [0.1, 0.15) is 11.8 Å². The van der Waals surface area contributed by atoms with Gasteiger partial charge in [0, 0.05) is 19.7 Å². The summed E-state index contributed by atoms with van der Waals surface area (Å²) in [4.78, 5) is 32.9. The zero-order valence-electron chi connectivity index (χ0n) is 17.8. The van der Waals surface area contributed by atoms with Crippen LogP contribution in [0.5, 0.6) is 0 Å². The Balaban J connectivity index is 1.30. The van der Waals surface area contributed by atoms with E-state index >= 15 is 0 Å². The molecule has 3 aliphatic rings. The van der Waals surface area contributed by atoms with Gasteiger partial charge in [0.25, 0.3) is 0 Å². The summed E-state index contributed by atoms with van der Waals surface area (Å²) in [7, 11) is 3.84. The van der Waals surface area contributed by atoms with Gasteiger partial charge < -0.3 is 24.8 Å². The number of nitrogens with zero attached hydrogens (tertiary/aromatic N) is 5. The molecule has 4 atom stereocenters. The van der Waals surface area contributed by atoms with Gasteiger partial charge in [-0.3, -0.25) is 4.79 Å². The van der Waals surface area contributed by atoms with E-state index in [9.17, 15) is 4.79 Å². The number of hydrogen-bond acceptors (Lipinski definition) is 7. The second-order valence-corrected chi connectivity index (χ2v) is 9.42. The molecule has 0 aromatic carbocycles. The number of carbonyl (C=O) groups excluding carboxylic acids is 1. The highest BCUT2D eigenvalue weighted by Crippen LogP contribution is 2.40. The predicted molar refractivity (Wildman–Crippen MR) is 113 cm³/mol. The number of nitrogens with one attached hydrogen (secondary N) is 2. The van der Waals surface area contributed by atoms with E-state index in [4.69, 9.17) is 4.74 Å². The molecule has 2 saturated carbocycles. The first-order valence-corrected chi connectivity index (χ1v) is 11.0. The smallest absolute Gasteiger partial charge is 0.234 e. The van der Waals surface area contributed by atoms with Gasteiger partial charge in [-0.05, 0) is 57.5 Å². The van der Waals surface area contributed by atoms with Gasteiger partial charge >= 0.3 is 0 Å². The van der Waals surface area contributed by atoms with Gasteiger partial charge in [-0.1, -0.05) is 0 Å². The number of imidazole rings is 1. The van der Waals surface area contributed by atoms with Crippen LogP contribution in [0.1, 0.15) is 25.7 Å². The first-order valence-electron chi connectivity index (χ1n) is 11.0. The van der Waals surface area contributed by atoms with Gasteiger partial charge in [0.15, 0.2) is 11.5 Å². The first kappa shape index (κ1) is 19.7. The van der Waals surface area contributed by atoms with Crippen LogP contribution in [0.25, 0.3) is 11.2 Å². The molecule has 5 rings (SSSR count). The molecule has 0 radical (unpaired) electrons. The Hall–Kier alpha value is -2.26. The van der Waals surface area contributed by atoms with Gasteiger partial charge in [-0.2, -0.15) is 0 Å². The number of aromatic amines is 1. The Morgan fingerprint density at radius 2 is 2.03 bits per heavy atom. The van der Waals surface area contributed by atoms with Crippen LogP contribution in [0, 0.1) is 17.8 Å². The minimum absolute atomic E-state index is 0.0771. The molecule has 1 amide bonds. The molecule has 0 unspecified atom stereocenters. The largest absolute Gasteiger partial charge is 0.376 e. The lowest BCUT2D eigenvalue weighted by molar-refractivity contribution is -0.125. The molecule has 9 heteroatoms. The number of fused-ring (bicyclic) bond motifs is 2. The molecule has 0 spiro atoms. The standard InChI is InChI=1S/C21H31N7O2/c1-27(2)9-18(29)26-16-5-14-7-28(21-19-20(23-11-22-19)24-12-25-21)8-15(14)6-17(16)30-10-13-3-4-13/h11-17H,3-10H2,1-2H3,(H,26,29)(H,22,23,24,25)/t14-,15+,16-,17-/m0/s1. The van der Waals surface area contributed by atoms with Crippen LogP contribution in [-0.4, -0.2) is 83.2 Å². The highest BCUT2D eigenvalue weighted by Gasteiger charge is 2.44. The van der Waals surface area contributed by atoms with E-state index in [0.29, 0.717) is 24.0 Å². The van der Waals surface area contributed by atoms with E-state index in [1.54, 1.807) is 12.7 Å². The Morgan fingerprint density at radius 3 is 2.80 bits per heavy atom. The van der Waals surface area contributed by atoms with E-state index in [0.717, 1.165) is 49.8 Å². The SMILES string of the molecule is CN(C)CC(=O)N[C@H]1C[C@H]2CN(c3ncnc4nc[nH]c34)C[C@H]2C[C@@H]1OCC1CC1. The van der Waals surface area contributed by atoms with Crippen molar-refractivity contribution in [1.29, 1.82) is 0 Å². The molecular formula is C21H31N7O2. The van der Waals surface area contributed by atoms with Gasteiger partial charge in [-0.25, -0.2) is 15.0 Å². The zero-order chi connectivity index (χ0) is 20.7. The first-order chi connectivity index (χ1) is 14.6. The number of anilines is 1. The topological polar surface area (TPSA) is 99.3 Å². The molecule has 2 aliphatic carbocycles. The zero-order valence-corrected chi connectivity index (χ0v) is 17.8. The van der Waals surface area contributed by atoms with Crippen LogP contribution in [0.2, 0.25) is 0 Å². The Labute approximate surface area is 176 Å². The number of H-pyrrole nitrogens is 1. The fourth-order valence-corrected chi connectivity index (χ4v) is 5.00. The molecular weight excluding hydrogens is 382 g/mol. The Bertz CT molecular complexity index is 896. The number of carbonyl (C=O) groups is 1. The highest BCUT2D eigenvalue weighted by atomic mass is 16.5. The quantitative estimate of drug-likeness (QED) is 0.700. The molecule has 162 valence electrons. The van der Waals surface area contributed by atoms with E-state index in [2.05, 4.69) is 30.2 Å². The van der Waals surface area contributed by atoms with Crippen LogP contribution >= 0.6 is 0 Å². The summed E-state index contributed by atoms with van der Waals surface area (Å²) < 4.78 is 6.34. The average Bonchev–Trinajstić information content (AvgIpc) is 3.24. The Morgan fingerprint density at radius 1 is 1.23 bits per heavy atom. The minimum atomic E-state index is 0.0771. The van der Waals surface area contributed by atoms with Crippen molar-refractivity contribution in [2.75, 3.05) is 45.2 Å². The summed E-state index contributed by atoms with van der Waals surface area (Å²) in [5, 5.41) is 3.27. The van der Waals surface area contributed by atoms with Crippen molar-refractivity contribution in [3.8, 4) is 0 Å². The van der Waals surface area contributed by atoms with E-state index in [1.165, 1.54) is 12.8 Å². The maximum absolute atomic E-state index is 12.5. The normalized spacial score (nSPS) is 28.8. The number of likely N-dealkylation sites (N-methyl/N-ethyl adjacent to an activating group) is 1. The molecule has 30 heavy (non-hydrogen) atoms. The number of aromatic nitrogens is 4. The predicted octanol–water partition coefficient (Wildman–Crippen LogP) is 1.04. The fourth-order valence-electron chi connectivity index (χ4n) is 5.00. The molecule has 2 N–H and O–H groups in total. The van der Waals surface area contributed by atoms with E-state index in [-0.39, 0.29) is 18.1 Å². The lowest BCUT2D eigenvalue weighted by atomic mass is 9.77. The maximum Gasteiger partial charge on any atom is 0.234 e. The molecule has 3 fully saturated rings. The van der Waals surface area contributed by atoms with Crippen molar-refractivity contribution in [3.05, 3.63) is 12.7 Å². The fraction of sp³-hybridized carbons (Fsp3) is 0.714. The highest BCUT2D eigenvalue weighted by molar-refractivity contribution is 5.82. The number of amides is 1. The molecule has 9 nitrogen and oxygen atoms in total. The van der Waals surface area contributed by atoms with Crippen LogP contribution in [0.3, 0.4) is 0 Å². The third kappa shape index (κ3) is 4.13. The molecule has 1 aliphatic heterocycles. The van der Waals surface area contributed by atoms with Crippen molar-refractivity contribution >= 4 is 22.9 Å². The van der Waals surface area contributed by atoms with Crippen LogP contribution in [-0.2, 0) is 9.53 Å². The molecule has 2 aromatic heterocycles. The Kier molecular flexibility index (Phi) is 5.32. The molecule has 1 saturated heterocycles. The lowest BCUT2D eigenvalue weighted by Gasteiger charge is -2.38. The van der Waals surface area contributed by atoms with Crippen molar-refractivity contribution < 1.29 is 9.53 Å². The van der Waals surface area contributed by atoms with E-state index < -0.39 is 0 Å². The van der Waals surface area contributed by atoms with Crippen molar-refractivity contribution in [3.63, 3.8) is 0 Å². The summed E-state index contributed by atoms with van der Waals surface area (Å²) in [5.41, 5.74) is 1.60. The van der Waals surface area contributed by atoms with Gasteiger partial charge in [0.2, 0.25) is 5.91 Å². The molecule has 2 aromatic rings. The summed E-state index contributed by atoms with van der Waals surface area (Å²) in [5.74, 6) is 2.78. The maximum atomic E-state index is 12.5. The average molecular weight is 414 g/mol. The van der Waals surface area contributed by atoms with Crippen LogP contribution in [0.15, 0.2) is 12.7 Å². The van der Waals surface area contributed by atoms with Gasteiger partial charge in [-0.15, -0.1) is 0 Å². The molecule has 3 heterocycles. The van der Waals surface area contributed by atoms with Gasteiger partial charge in [0.05, 0.1) is 25.0 Å². The summed E-state index contributed by atoms with van der Waals surface area (Å²) >= 11 is 0. The van der Waals surface area contributed by atoms with Crippen LogP contribution < -0.4 is 10.2 Å². The number of ether oxygens (including phenoxy) is 1. The van der Waals surface area contributed by atoms with Crippen molar-refractivity contribution in [2.24, 2.45) is 17.8 Å². The second kappa shape index (κ2) is 8.11. The minimum Gasteiger partial charge on any atom is -0.376 e. The van der Waals surface area contributed by atoms with E-state index in [1.807, 2.05) is 19.0 Å². The molecule has 0 bridgehead atoms. The third-order valence-electron chi connectivity index (χ3n) is 6.67. The van der Waals surface area contributed by atoms with Crippen LogP contribution in [0.4, 0.5) is 5.82 Å². The summed E-state index contributed by atoms with van der Waals surface area (Å²) in [6.07, 6.45) is 7.84. The summed E-state index contributed by atoms with van der Waals surface area (Å²) in [6.45, 7) is 3.12. The number of hydrogen-bond donors (Lipinski definition) is 2. The third-order valence-corrected chi connectivity index (χ3v) is 6.67. The van der Waals surface area contributed by atoms with Crippen molar-refractivity contribution in [2.45, 2.75) is 37.8 Å². The monoisotopic (exact) mass is 413 g/mol. The number of rotatable bonds is 7.